The molecule has 1 N–H and O–H groups in total. The molecule has 0 aromatic rings. The van der Waals surface area contributed by atoms with E-state index in [2.05, 4.69) is 14.2 Å². The molecule has 0 spiro atoms. The SMILES string of the molecule is OC(COCCF)COCC(F)(F)COC(F)F. The predicted octanol–water partition coefficient (Wildman–Crippen LogP) is 1.22. The lowest BCUT2D eigenvalue weighted by atomic mass is 10.4. The lowest BCUT2D eigenvalue weighted by Crippen LogP contribution is -2.33. The summed E-state index contributed by atoms with van der Waals surface area (Å²) in [7, 11) is 0. The molecule has 9 heteroatoms. The maximum Gasteiger partial charge on any atom is 0.345 e. The average molecular weight is 282 g/mol. The first-order valence-electron chi connectivity index (χ1n) is 5.04. The molecule has 0 bridgehead atoms. The largest absolute Gasteiger partial charge is 0.388 e. The van der Waals surface area contributed by atoms with Gasteiger partial charge < -0.3 is 19.3 Å². The van der Waals surface area contributed by atoms with Crippen molar-refractivity contribution in [1.29, 1.82) is 0 Å². The second kappa shape index (κ2) is 9.42. The highest BCUT2D eigenvalue weighted by molar-refractivity contribution is 4.64. The van der Waals surface area contributed by atoms with Crippen molar-refractivity contribution in [2.24, 2.45) is 0 Å². The van der Waals surface area contributed by atoms with Gasteiger partial charge in [0.1, 0.15) is 26.0 Å². The van der Waals surface area contributed by atoms with Crippen molar-refractivity contribution in [2.75, 3.05) is 39.7 Å². The Balaban J connectivity index is 3.61. The number of ether oxygens (including phenoxy) is 3. The minimum atomic E-state index is -3.57. The van der Waals surface area contributed by atoms with E-state index in [4.69, 9.17) is 5.11 Å². The summed E-state index contributed by atoms with van der Waals surface area (Å²) in [6, 6.07) is 0. The maximum atomic E-state index is 12.8. The van der Waals surface area contributed by atoms with Crippen LogP contribution in [0.4, 0.5) is 22.0 Å². The first kappa shape index (κ1) is 17.5. The molecule has 0 saturated heterocycles. The molecule has 18 heavy (non-hydrogen) atoms. The summed E-state index contributed by atoms with van der Waals surface area (Å²) >= 11 is 0. The van der Waals surface area contributed by atoms with Gasteiger partial charge in [-0.15, -0.1) is 0 Å². The minimum Gasteiger partial charge on any atom is -0.388 e. The molecule has 0 heterocycles. The number of alkyl halides is 5. The van der Waals surface area contributed by atoms with Crippen molar-refractivity contribution >= 4 is 0 Å². The summed E-state index contributed by atoms with van der Waals surface area (Å²) in [5, 5.41) is 9.12. The van der Waals surface area contributed by atoms with Gasteiger partial charge in [-0.25, -0.2) is 13.2 Å². The molecule has 0 rings (SSSR count). The molecule has 0 radical (unpaired) electrons. The molecule has 1 atom stereocenters. The van der Waals surface area contributed by atoms with Crippen LogP contribution >= 0.6 is 0 Å². The van der Waals surface area contributed by atoms with Gasteiger partial charge in [0.2, 0.25) is 0 Å². The van der Waals surface area contributed by atoms with Gasteiger partial charge in [-0.1, -0.05) is 0 Å². The van der Waals surface area contributed by atoms with Crippen molar-refractivity contribution in [3.05, 3.63) is 0 Å². The molecular weight excluding hydrogens is 267 g/mol. The summed E-state index contributed by atoms with van der Waals surface area (Å²) in [5.74, 6) is -3.57. The van der Waals surface area contributed by atoms with E-state index in [1.165, 1.54) is 0 Å². The number of hydrogen-bond donors (Lipinski definition) is 1. The van der Waals surface area contributed by atoms with Crippen LogP contribution < -0.4 is 0 Å². The topological polar surface area (TPSA) is 47.9 Å². The van der Waals surface area contributed by atoms with Crippen molar-refractivity contribution < 1.29 is 41.3 Å². The van der Waals surface area contributed by atoms with Crippen LogP contribution in [0.1, 0.15) is 0 Å². The Kier molecular flexibility index (Phi) is 9.16. The molecule has 0 fully saturated rings. The number of halogens is 5. The fourth-order valence-corrected chi connectivity index (χ4v) is 0.893. The molecule has 110 valence electrons. The number of aliphatic hydroxyl groups is 1. The summed E-state index contributed by atoms with van der Waals surface area (Å²) in [5.41, 5.74) is 0. The van der Waals surface area contributed by atoms with Crippen molar-refractivity contribution in [3.63, 3.8) is 0 Å². The van der Waals surface area contributed by atoms with E-state index >= 15 is 0 Å². The van der Waals surface area contributed by atoms with Crippen LogP contribution in [0.2, 0.25) is 0 Å². The van der Waals surface area contributed by atoms with Gasteiger partial charge in [0.15, 0.2) is 0 Å². The quantitative estimate of drug-likeness (QED) is 0.457. The predicted molar refractivity (Wildman–Crippen MR) is 50.5 cm³/mol. The van der Waals surface area contributed by atoms with Crippen molar-refractivity contribution in [1.82, 2.24) is 0 Å². The number of aliphatic hydroxyl groups excluding tert-OH is 1. The third-order valence-electron chi connectivity index (χ3n) is 1.58. The summed E-state index contributed by atoms with van der Waals surface area (Å²) < 4.78 is 72.7. The highest BCUT2D eigenvalue weighted by Gasteiger charge is 2.31. The van der Waals surface area contributed by atoms with Gasteiger partial charge in [0.05, 0.1) is 19.8 Å². The average Bonchev–Trinajstić information content (AvgIpc) is 2.27. The van der Waals surface area contributed by atoms with Crippen LogP contribution in [0, 0.1) is 0 Å². The molecule has 0 aliphatic carbocycles. The third kappa shape index (κ3) is 10.6. The van der Waals surface area contributed by atoms with Gasteiger partial charge in [-0.2, -0.15) is 8.78 Å². The monoisotopic (exact) mass is 282 g/mol. The van der Waals surface area contributed by atoms with Crippen LogP contribution in [0.15, 0.2) is 0 Å². The van der Waals surface area contributed by atoms with Crippen LogP contribution in [-0.4, -0.2) is 63.5 Å². The molecule has 0 saturated carbocycles. The smallest absolute Gasteiger partial charge is 0.345 e. The van der Waals surface area contributed by atoms with Gasteiger partial charge in [-0.3, -0.25) is 0 Å². The Morgan fingerprint density at radius 2 is 1.67 bits per heavy atom. The standard InChI is InChI=1S/C9H15F5O4/c10-1-2-16-3-7(15)4-17-5-9(13,14)6-18-8(11)12/h7-8,15H,1-6H2. The number of rotatable bonds is 11. The van der Waals surface area contributed by atoms with Gasteiger partial charge in [0.25, 0.3) is 5.92 Å². The molecule has 0 aromatic carbocycles. The minimum absolute atomic E-state index is 0.213. The van der Waals surface area contributed by atoms with Crippen LogP contribution in [0.3, 0.4) is 0 Å². The fraction of sp³-hybridized carbons (Fsp3) is 1.00. The lowest BCUT2D eigenvalue weighted by Gasteiger charge is -2.17. The Morgan fingerprint density at radius 3 is 2.22 bits per heavy atom. The molecular formula is C9H15F5O4. The molecule has 0 amide bonds. The molecule has 4 nitrogen and oxygen atoms in total. The van der Waals surface area contributed by atoms with Gasteiger partial charge >= 0.3 is 6.61 Å². The van der Waals surface area contributed by atoms with Crippen molar-refractivity contribution in [2.45, 2.75) is 18.6 Å². The zero-order valence-corrected chi connectivity index (χ0v) is 9.46. The molecule has 1 unspecified atom stereocenters. The zero-order valence-electron chi connectivity index (χ0n) is 9.46. The van der Waals surface area contributed by atoms with Crippen LogP contribution in [0.5, 0.6) is 0 Å². The van der Waals surface area contributed by atoms with E-state index in [0.717, 1.165) is 0 Å². The Bertz CT molecular complexity index is 205. The van der Waals surface area contributed by atoms with Crippen LogP contribution in [-0.2, 0) is 14.2 Å². The first-order chi connectivity index (χ1) is 8.37. The van der Waals surface area contributed by atoms with Gasteiger partial charge in [0, 0.05) is 0 Å². The third-order valence-corrected chi connectivity index (χ3v) is 1.58. The Hall–Kier alpha value is -0.510. The van der Waals surface area contributed by atoms with E-state index < -0.39 is 45.1 Å². The van der Waals surface area contributed by atoms with E-state index in [1.807, 2.05) is 0 Å². The Labute approximate surface area is 101 Å². The van der Waals surface area contributed by atoms with Crippen LogP contribution in [0.25, 0.3) is 0 Å². The zero-order chi connectivity index (χ0) is 14.0. The van der Waals surface area contributed by atoms with E-state index in [1.54, 1.807) is 0 Å². The van der Waals surface area contributed by atoms with Crippen molar-refractivity contribution in [3.8, 4) is 0 Å². The maximum absolute atomic E-state index is 12.8. The molecule has 0 aliphatic rings. The molecule has 0 aromatic heterocycles. The van der Waals surface area contributed by atoms with E-state index in [0.29, 0.717) is 0 Å². The second-order valence-electron chi connectivity index (χ2n) is 3.36. The van der Waals surface area contributed by atoms with E-state index in [-0.39, 0.29) is 13.2 Å². The first-order valence-corrected chi connectivity index (χ1v) is 5.04. The van der Waals surface area contributed by atoms with E-state index in [9.17, 15) is 22.0 Å². The lowest BCUT2D eigenvalue weighted by molar-refractivity contribution is -0.199. The molecule has 0 aliphatic heterocycles. The second-order valence-corrected chi connectivity index (χ2v) is 3.36. The summed E-state index contributed by atoms with van der Waals surface area (Å²) in [6.45, 7) is -7.60. The Morgan fingerprint density at radius 1 is 1.06 bits per heavy atom. The summed E-state index contributed by atoms with van der Waals surface area (Å²) in [6.07, 6.45) is -1.19. The van der Waals surface area contributed by atoms with Gasteiger partial charge in [-0.05, 0) is 0 Å². The summed E-state index contributed by atoms with van der Waals surface area (Å²) in [4.78, 5) is 0. The highest BCUT2D eigenvalue weighted by Crippen LogP contribution is 2.15. The highest BCUT2D eigenvalue weighted by atomic mass is 19.3. The normalized spacial score (nSPS) is 14.2. The fourth-order valence-electron chi connectivity index (χ4n) is 0.893. The number of hydrogen-bond acceptors (Lipinski definition) is 4.